The molecule has 1 aromatic rings. The van der Waals surface area contributed by atoms with Crippen LogP contribution in [0.5, 0.6) is 0 Å². The van der Waals surface area contributed by atoms with Crippen LogP contribution in [0.3, 0.4) is 0 Å². The topological polar surface area (TPSA) is 41.6 Å². The maximum atomic E-state index is 8.84. The number of aromatic nitrogens is 2. The van der Waals surface area contributed by atoms with Crippen molar-refractivity contribution in [2.45, 2.75) is 51.5 Å². The van der Waals surface area contributed by atoms with E-state index in [1.54, 1.807) is 0 Å². The summed E-state index contributed by atoms with van der Waals surface area (Å²) >= 11 is 0. The normalized spacial score (nSPS) is 17.6. The highest BCUT2D eigenvalue weighted by Gasteiger charge is 2.20. The summed E-state index contributed by atoms with van der Waals surface area (Å²) in [6.45, 7) is 2.95. The van der Waals surface area contributed by atoms with Crippen LogP contribution in [0.2, 0.25) is 0 Å². The average molecular weight is 203 g/mol. The molecule has 2 rings (SSSR count). The molecular formula is C12H17N3. The van der Waals surface area contributed by atoms with Gasteiger partial charge in [0.1, 0.15) is 6.07 Å². The van der Waals surface area contributed by atoms with Gasteiger partial charge in [-0.05, 0) is 25.8 Å². The summed E-state index contributed by atoms with van der Waals surface area (Å²) in [5.74, 6) is 0.633. The second-order valence-corrected chi connectivity index (χ2v) is 4.22. The van der Waals surface area contributed by atoms with E-state index in [0.29, 0.717) is 11.6 Å². The Kier molecular flexibility index (Phi) is 3.05. The van der Waals surface area contributed by atoms with Crippen LogP contribution in [0.15, 0.2) is 6.07 Å². The summed E-state index contributed by atoms with van der Waals surface area (Å²) in [5, 5.41) is 13.1. The number of hydrogen-bond acceptors (Lipinski definition) is 2. The third kappa shape index (κ3) is 2.04. The van der Waals surface area contributed by atoms with Crippen molar-refractivity contribution < 1.29 is 0 Å². The van der Waals surface area contributed by atoms with E-state index >= 15 is 0 Å². The van der Waals surface area contributed by atoms with Gasteiger partial charge >= 0.3 is 0 Å². The highest BCUT2D eigenvalue weighted by molar-refractivity contribution is 5.25. The van der Waals surface area contributed by atoms with Crippen molar-refractivity contribution in [3.63, 3.8) is 0 Å². The van der Waals surface area contributed by atoms with E-state index in [-0.39, 0.29) is 0 Å². The van der Waals surface area contributed by atoms with Crippen LogP contribution in [0.25, 0.3) is 0 Å². The van der Waals surface area contributed by atoms with Gasteiger partial charge in [0, 0.05) is 18.2 Å². The van der Waals surface area contributed by atoms with Crippen molar-refractivity contribution in [2.75, 3.05) is 0 Å². The number of hydrogen-bond donors (Lipinski definition) is 0. The summed E-state index contributed by atoms with van der Waals surface area (Å²) in [7, 11) is 0. The molecule has 0 saturated heterocycles. The molecule has 0 amide bonds. The monoisotopic (exact) mass is 203 g/mol. The van der Waals surface area contributed by atoms with E-state index in [1.807, 2.05) is 10.7 Å². The molecule has 15 heavy (non-hydrogen) atoms. The maximum Gasteiger partial charge on any atom is 0.162 e. The van der Waals surface area contributed by atoms with Crippen LogP contribution in [0.1, 0.15) is 56.3 Å². The SMILES string of the molecule is CCn1nc(C#N)cc1C1CCCCC1. The zero-order chi connectivity index (χ0) is 10.7. The van der Waals surface area contributed by atoms with Crippen molar-refractivity contribution in [3.05, 3.63) is 17.5 Å². The number of nitrogens with zero attached hydrogens (tertiary/aromatic N) is 3. The van der Waals surface area contributed by atoms with Gasteiger partial charge in [-0.1, -0.05) is 19.3 Å². The second kappa shape index (κ2) is 4.48. The van der Waals surface area contributed by atoms with Crippen molar-refractivity contribution in [3.8, 4) is 6.07 Å². The summed E-state index contributed by atoms with van der Waals surface area (Å²) < 4.78 is 1.99. The first-order valence-corrected chi connectivity index (χ1v) is 5.83. The molecule has 1 aromatic heterocycles. The lowest BCUT2D eigenvalue weighted by Gasteiger charge is -2.22. The van der Waals surface area contributed by atoms with E-state index in [4.69, 9.17) is 5.26 Å². The lowest BCUT2D eigenvalue weighted by Crippen LogP contribution is -2.11. The third-order valence-electron chi connectivity index (χ3n) is 3.25. The first-order valence-electron chi connectivity index (χ1n) is 5.83. The van der Waals surface area contributed by atoms with E-state index in [1.165, 1.54) is 37.8 Å². The molecule has 0 unspecified atom stereocenters. The highest BCUT2D eigenvalue weighted by atomic mass is 15.3. The first-order chi connectivity index (χ1) is 7.35. The summed E-state index contributed by atoms with van der Waals surface area (Å²) in [6.07, 6.45) is 6.53. The lowest BCUT2D eigenvalue weighted by molar-refractivity contribution is 0.418. The molecule has 0 atom stereocenters. The molecule has 1 saturated carbocycles. The first kappa shape index (κ1) is 10.2. The molecule has 1 aliphatic carbocycles. The second-order valence-electron chi connectivity index (χ2n) is 4.22. The Morgan fingerprint density at radius 3 is 2.80 bits per heavy atom. The van der Waals surface area contributed by atoms with Crippen LogP contribution in [-0.2, 0) is 6.54 Å². The fourth-order valence-electron chi connectivity index (χ4n) is 2.47. The van der Waals surface area contributed by atoms with Crippen LogP contribution in [-0.4, -0.2) is 9.78 Å². The fourth-order valence-corrected chi connectivity index (χ4v) is 2.47. The predicted molar refractivity (Wildman–Crippen MR) is 58.4 cm³/mol. The van der Waals surface area contributed by atoms with Crippen molar-refractivity contribution in [2.24, 2.45) is 0 Å². The lowest BCUT2D eigenvalue weighted by atomic mass is 9.87. The predicted octanol–water partition coefficient (Wildman–Crippen LogP) is 2.82. The largest absolute Gasteiger partial charge is 0.268 e. The van der Waals surface area contributed by atoms with Gasteiger partial charge in [0.05, 0.1) is 0 Å². The van der Waals surface area contributed by atoms with Crippen LogP contribution < -0.4 is 0 Å². The molecule has 3 heteroatoms. The Balaban J connectivity index is 2.25. The quantitative estimate of drug-likeness (QED) is 0.741. The Morgan fingerprint density at radius 2 is 2.20 bits per heavy atom. The van der Waals surface area contributed by atoms with Gasteiger partial charge in [0.2, 0.25) is 0 Å². The highest BCUT2D eigenvalue weighted by Crippen LogP contribution is 2.32. The minimum atomic E-state index is 0.567. The molecule has 0 radical (unpaired) electrons. The number of aryl methyl sites for hydroxylation is 1. The van der Waals surface area contributed by atoms with Gasteiger partial charge in [-0.2, -0.15) is 10.4 Å². The van der Waals surface area contributed by atoms with E-state index < -0.39 is 0 Å². The zero-order valence-electron chi connectivity index (χ0n) is 9.24. The molecule has 0 N–H and O–H groups in total. The minimum absolute atomic E-state index is 0.567. The molecule has 0 aliphatic heterocycles. The fraction of sp³-hybridized carbons (Fsp3) is 0.667. The maximum absolute atomic E-state index is 8.84. The molecule has 3 nitrogen and oxygen atoms in total. The summed E-state index contributed by atoms with van der Waals surface area (Å²) in [5.41, 5.74) is 1.84. The van der Waals surface area contributed by atoms with Crippen LogP contribution in [0.4, 0.5) is 0 Å². The van der Waals surface area contributed by atoms with Gasteiger partial charge in [0.25, 0.3) is 0 Å². The summed E-state index contributed by atoms with van der Waals surface area (Å²) in [4.78, 5) is 0. The number of rotatable bonds is 2. The van der Waals surface area contributed by atoms with Crippen molar-refractivity contribution >= 4 is 0 Å². The van der Waals surface area contributed by atoms with E-state index in [2.05, 4.69) is 18.1 Å². The van der Waals surface area contributed by atoms with Gasteiger partial charge in [-0.15, -0.1) is 0 Å². The minimum Gasteiger partial charge on any atom is -0.268 e. The smallest absolute Gasteiger partial charge is 0.162 e. The summed E-state index contributed by atoms with van der Waals surface area (Å²) in [6, 6.07) is 4.10. The number of nitriles is 1. The van der Waals surface area contributed by atoms with Gasteiger partial charge in [-0.25, -0.2) is 0 Å². The van der Waals surface area contributed by atoms with Gasteiger partial charge in [0.15, 0.2) is 5.69 Å². The Morgan fingerprint density at radius 1 is 1.47 bits per heavy atom. The molecule has 0 bridgehead atoms. The Bertz CT molecular complexity index is 367. The standard InChI is InChI=1S/C12H17N3/c1-2-15-12(8-11(9-13)14-15)10-6-4-3-5-7-10/h8,10H,2-7H2,1H3. The Hall–Kier alpha value is -1.30. The van der Waals surface area contributed by atoms with Crippen LogP contribution in [0, 0.1) is 11.3 Å². The molecule has 80 valence electrons. The molecule has 0 spiro atoms. The Labute approximate surface area is 90.7 Å². The van der Waals surface area contributed by atoms with Crippen molar-refractivity contribution in [1.29, 1.82) is 5.26 Å². The molecule has 1 fully saturated rings. The molecule has 1 aliphatic rings. The van der Waals surface area contributed by atoms with E-state index in [0.717, 1.165) is 6.54 Å². The molecule has 0 aromatic carbocycles. The van der Waals surface area contributed by atoms with Crippen molar-refractivity contribution in [1.82, 2.24) is 9.78 Å². The van der Waals surface area contributed by atoms with E-state index in [9.17, 15) is 0 Å². The molecule has 1 heterocycles. The molecular weight excluding hydrogens is 186 g/mol. The van der Waals surface area contributed by atoms with Gasteiger partial charge < -0.3 is 0 Å². The van der Waals surface area contributed by atoms with Gasteiger partial charge in [-0.3, -0.25) is 4.68 Å². The average Bonchev–Trinajstić information content (AvgIpc) is 2.73. The van der Waals surface area contributed by atoms with Crippen LogP contribution >= 0.6 is 0 Å². The zero-order valence-corrected chi connectivity index (χ0v) is 9.24. The third-order valence-corrected chi connectivity index (χ3v) is 3.25.